The molecule has 0 unspecified atom stereocenters. The number of aromatic nitrogens is 2. The molecule has 0 spiro atoms. The highest BCUT2D eigenvalue weighted by Crippen LogP contribution is 2.26. The van der Waals surface area contributed by atoms with Crippen LogP contribution in [0.4, 0.5) is 0 Å². The summed E-state index contributed by atoms with van der Waals surface area (Å²) in [6.07, 6.45) is 1.61. The predicted octanol–water partition coefficient (Wildman–Crippen LogP) is 3.45. The number of nitrogens with zero attached hydrogens (tertiary/aromatic N) is 2. The van der Waals surface area contributed by atoms with Crippen molar-refractivity contribution in [2.24, 2.45) is 0 Å². The molecule has 4 nitrogen and oxygen atoms in total. The molecule has 0 saturated heterocycles. The first-order valence-electron chi connectivity index (χ1n) is 4.88. The number of aryl methyl sites for hydroxylation is 1. The first-order chi connectivity index (χ1) is 8.13. The van der Waals surface area contributed by atoms with Crippen molar-refractivity contribution < 1.29 is 9.15 Å². The molecular formula is C11H10ClIN2O2. The summed E-state index contributed by atoms with van der Waals surface area (Å²) in [6.45, 7) is 2.33. The van der Waals surface area contributed by atoms with Gasteiger partial charge in [-0.2, -0.15) is 0 Å². The van der Waals surface area contributed by atoms with Crippen LogP contribution in [0.3, 0.4) is 0 Å². The predicted molar refractivity (Wildman–Crippen MR) is 72.9 cm³/mol. The average Bonchev–Trinajstić information content (AvgIpc) is 2.71. The maximum Gasteiger partial charge on any atom is 0.197 e. The summed E-state index contributed by atoms with van der Waals surface area (Å²) >= 11 is 8.17. The molecule has 0 amide bonds. The maximum atomic E-state index is 6.07. The van der Waals surface area contributed by atoms with Crippen LogP contribution >= 0.6 is 34.2 Å². The minimum Gasteiger partial charge on any atom is -0.461 e. The number of halogens is 2. The van der Waals surface area contributed by atoms with Crippen LogP contribution in [0, 0.1) is 10.5 Å². The van der Waals surface area contributed by atoms with E-state index in [2.05, 4.69) is 32.6 Å². The van der Waals surface area contributed by atoms with Gasteiger partial charge in [0.1, 0.15) is 5.15 Å². The minimum absolute atomic E-state index is 0.396. The zero-order chi connectivity index (χ0) is 12.4. The van der Waals surface area contributed by atoms with Gasteiger partial charge in [-0.15, -0.1) is 0 Å². The van der Waals surface area contributed by atoms with Gasteiger partial charge < -0.3 is 9.15 Å². The Bertz CT molecular complexity index is 542. The summed E-state index contributed by atoms with van der Waals surface area (Å²) in [6, 6.07) is 1.86. The Labute approximate surface area is 117 Å². The van der Waals surface area contributed by atoms with Crippen molar-refractivity contribution in [1.82, 2.24) is 9.97 Å². The molecule has 0 fully saturated rings. The number of methoxy groups -OCH3 is 1. The molecular weight excluding hydrogens is 354 g/mol. The summed E-state index contributed by atoms with van der Waals surface area (Å²) in [5.41, 5.74) is 1.74. The first-order valence-corrected chi connectivity index (χ1v) is 6.34. The van der Waals surface area contributed by atoms with E-state index in [4.69, 9.17) is 20.8 Å². The van der Waals surface area contributed by atoms with Crippen molar-refractivity contribution in [3.8, 4) is 11.6 Å². The van der Waals surface area contributed by atoms with Crippen LogP contribution in [-0.2, 0) is 11.3 Å². The molecule has 0 aliphatic carbocycles. The molecule has 0 radical (unpaired) electrons. The highest BCUT2D eigenvalue weighted by Gasteiger charge is 2.15. The van der Waals surface area contributed by atoms with Crippen LogP contribution in [-0.4, -0.2) is 17.1 Å². The second-order valence-corrected chi connectivity index (χ2v) is 4.90. The SMILES string of the molecule is COCc1nc(-c2occc2C)nc(Cl)c1I. The van der Waals surface area contributed by atoms with Crippen molar-refractivity contribution >= 4 is 34.2 Å². The van der Waals surface area contributed by atoms with Gasteiger partial charge in [-0.3, -0.25) is 0 Å². The molecule has 0 aliphatic rings. The Hall–Kier alpha value is -0.660. The number of rotatable bonds is 3. The van der Waals surface area contributed by atoms with Crippen molar-refractivity contribution in [2.45, 2.75) is 13.5 Å². The normalized spacial score (nSPS) is 10.8. The highest BCUT2D eigenvalue weighted by molar-refractivity contribution is 14.1. The summed E-state index contributed by atoms with van der Waals surface area (Å²) < 4.78 is 11.2. The fourth-order valence-corrected chi connectivity index (χ4v) is 1.98. The van der Waals surface area contributed by atoms with Crippen molar-refractivity contribution in [3.05, 3.63) is 32.3 Å². The zero-order valence-electron chi connectivity index (χ0n) is 9.33. The Balaban J connectivity index is 2.53. The molecule has 0 saturated carbocycles. The number of hydrogen-bond acceptors (Lipinski definition) is 4. The average molecular weight is 365 g/mol. The lowest BCUT2D eigenvalue weighted by Gasteiger charge is -2.06. The number of ether oxygens (including phenoxy) is 1. The van der Waals surface area contributed by atoms with Crippen LogP contribution < -0.4 is 0 Å². The summed E-state index contributed by atoms with van der Waals surface area (Å²) in [7, 11) is 1.61. The van der Waals surface area contributed by atoms with Crippen molar-refractivity contribution in [3.63, 3.8) is 0 Å². The van der Waals surface area contributed by atoms with Gasteiger partial charge in [-0.1, -0.05) is 11.6 Å². The van der Waals surface area contributed by atoms with Crippen molar-refractivity contribution in [2.75, 3.05) is 7.11 Å². The van der Waals surface area contributed by atoms with E-state index in [9.17, 15) is 0 Å². The van der Waals surface area contributed by atoms with Crippen LogP contribution in [0.1, 0.15) is 11.3 Å². The summed E-state index contributed by atoms with van der Waals surface area (Å²) in [5, 5.41) is 0.415. The Morgan fingerprint density at radius 1 is 1.47 bits per heavy atom. The number of hydrogen-bond donors (Lipinski definition) is 0. The third kappa shape index (κ3) is 2.61. The van der Waals surface area contributed by atoms with E-state index in [1.165, 1.54) is 0 Å². The van der Waals surface area contributed by atoms with Gasteiger partial charge in [-0.05, 0) is 41.1 Å². The topological polar surface area (TPSA) is 48.2 Å². The van der Waals surface area contributed by atoms with Crippen LogP contribution in [0.15, 0.2) is 16.7 Å². The Morgan fingerprint density at radius 3 is 2.82 bits per heavy atom. The summed E-state index contributed by atoms with van der Waals surface area (Å²) in [4.78, 5) is 8.62. The van der Waals surface area contributed by atoms with Gasteiger partial charge in [0.15, 0.2) is 11.6 Å². The lowest BCUT2D eigenvalue weighted by molar-refractivity contribution is 0.181. The van der Waals surface area contributed by atoms with Gasteiger partial charge >= 0.3 is 0 Å². The third-order valence-corrected chi connectivity index (χ3v) is 3.95. The van der Waals surface area contributed by atoms with E-state index >= 15 is 0 Å². The molecule has 0 atom stereocenters. The Morgan fingerprint density at radius 2 is 2.24 bits per heavy atom. The lowest BCUT2D eigenvalue weighted by Crippen LogP contribution is -2.02. The van der Waals surface area contributed by atoms with Gasteiger partial charge in [0, 0.05) is 7.11 Å². The van der Waals surface area contributed by atoms with Gasteiger partial charge in [0.05, 0.1) is 22.1 Å². The number of furan rings is 1. The fourth-order valence-electron chi connectivity index (χ4n) is 1.40. The molecule has 90 valence electrons. The second kappa shape index (κ2) is 5.32. The van der Waals surface area contributed by atoms with E-state index in [0.29, 0.717) is 23.3 Å². The smallest absolute Gasteiger partial charge is 0.197 e. The van der Waals surface area contributed by atoms with E-state index in [-0.39, 0.29) is 0 Å². The molecule has 17 heavy (non-hydrogen) atoms. The zero-order valence-corrected chi connectivity index (χ0v) is 12.2. The van der Waals surface area contributed by atoms with Gasteiger partial charge in [-0.25, -0.2) is 9.97 Å². The highest BCUT2D eigenvalue weighted by atomic mass is 127. The molecule has 0 aromatic carbocycles. The lowest BCUT2D eigenvalue weighted by atomic mass is 10.2. The van der Waals surface area contributed by atoms with E-state index in [1.807, 2.05) is 13.0 Å². The maximum absolute atomic E-state index is 6.07. The molecule has 2 rings (SSSR count). The van der Waals surface area contributed by atoms with Gasteiger partial charge in [0.2, 0.25) is 0 Å². The quantitative estimate of drug-likeness (QED) is 0.618. The molecule has 2 aromatic rings. The van der Waals surface area contributed by atoms with E-state index in [0.717, 1.165) is 14.8 Å². The molecule has 2 aromatic heterocycles. The third-order valence-electron chi connectivity index (χ3n) is 2.23. The Kier molecular flexibility index (Phi) is 4.01. The molecule has 6 heteroatoms. The van der Waals surface area contributed by atoms with E-state index < -0.39 is 0 Å². The standard InChI is InChI=1S/C11H10ClIN2O2/c1-6-3-4-17-9(6)11-14-7(5-16-2)8(13)10(12)15-11/h3-4H,5H2,1-2H3. The molecule has 2 heterocycles. The van der Waals surface area contributed by atoms with Crippen molar-refractivity contribution in [1.29, 1.82) is 0 Å². The van der Waals surface area contributed by atoms with Crippen LogP contribution in [0.25, 0.3) is 11.6 Å². The largest absolute Gasteiger partial charge is 0.461 e. The van der Waals surface area contributed by atoms with Crippen LogP contribution in [0.5, 0.6) is 0 Å². The second-order valence-electron chi connectivity index (χ2n) is 3.46. The van der Waals surface area contributed by atoms with E-state index in [1.54, 1.807) is 13.4 Å². The fraction of sp³-hybridized carbons (Fsp3) is 0.273. The molecule has 0 aliphatic heterocycles. The first kappa shape index (κ1) is 12.8. The van der Waals surface area contributed by atoms with Crippen LogP contribution in [0.2, 0.25) is 5.15 Å². The molecule has 0 N–H and O–H groups in total. The monoisotopic (exact) mass is 364 g/mol. The summed E-state index contributed by atoms with van der Waals surface area (Å²) in [5.74, 6) is 1.13. The molecule has 0 bridgehead atoms. The van der Waals surface area contributed by atoms with Gasteiger partial charge in [0.25, 0.3) is 0 Å². The minimum atomic E-state index is 0.396.